The van der Waals surface area contributed by atoms with Crippen LogP contribution in [0, 0.1) is 11.6 Å². The maximum Gasteiger partial charge on any atom is 0.159 e. The summed E-state index contributed by atoms with van der Waals surface area (Å²) in [6.07, 6.45) is 2.51. The van der Waals surface area contributed by atoms with Crippen molar-refractivity contribution in [2.75, 3.05) is 0 Å². The van der Waals surface area contributed by atoms with E-state index in [9.17, 15) is 8.78 Å². The number of nitrogens with zero attached hydrogens (tertiary/aromatic N) is 1. The summed E-state index contributed by atoms with van der Waals surface area (Å²) < 4.78 is 25.9. The lowest BCUT2D eigenvalue weighted by molar-refractivity contribution is 0.506. The molecule has 0 amide bonds. The Bertz CT molecular complexity index is 558. The third-order valence-electron chi connectivity index (χ3n) is 2.71. The summed E-state index contributed by atoms with van der Waals surface area (Å²) in [6, 6.07) is 7.50. The largest absolute Gasteiger partial charge is 0.323 e. The van der Waals surface area contributed by atoms with Gasteiger partial charge in [0.25, 0.3) is 0 Å². The Hall–Kier alpha value is -1.46. The molecule has 5 heteroatoms. The Kier molecular flexibility index (Phi) is 4.50. The highest BCUT2D eigenvalue weighted by Gasteiger charge is 2.07. The van der Waals surface area contributed by atoms with Gasteiger partial charge < -0.3 is 5.73 Å². The van der Waals surface area contributed by atoms with Gasteiger partial charge in [-0.2, -0.15) is 0 Å². The summed E-state index contributed by atoms with van der Waals surface area (Å²) in [6.45, 7) is 2.00. The molecule has 2 nitrogen and oxygen atoms in total. The smallest absolute Gasteiger partial charge is 0.159 e. The van der Waals surface area contributed by atoms with E-state index in [1.54, 1.807) is 6.20 Å². The van der Waals surface area contributed by atoms with Crippen molar-refractivity contribution in [3.63, 3.8) is 0 Å². The van der Waals surface area contributed by atoms with Crippen molar-refractivity contribution in [3.8, 4) is 0 Å². The van der Waals surface area contributed by atoms with E-state index in [-0.39, 0.29) is 6.04 Å². The molecule has 1 heterocycles. The molecule has 0 fully saturated rings. The normalized spacial score (nSPS) is 12.4. The fourth-order valence-electron chi connectivity index (χ4n) is 1.56. The molecule has 0 bridgehead atoms. The number of rotatable bonds is 4. The first-order chi connectivity index (χ1) is 9.10. The number of hydrogen-bond donors (Lipinski definition) is 1. The zero-order valence-corrected chi connectivity index (χ0v) is 11.3. The highest BCUT2D eigenvalue weighted by molar-refractivity contribution is 7.99. The number of nitrogens with two attached hydrogens (primary N) is 1. The Morgan fingerprint density at radius 3 is 2.47 bits per heavy atom. The van der Waals surface area contributed by atoms with Crippen molar-refractivity contribution in [3.05, 3.63) is 53.9 Å². The van der Waals surface area contributed by atoms with Gasteiger partial charge in [-0.1, -0.05) is 18.7 Å². The average Bonchev–Trinajstić information content (AvgIpc) is 2.43. The second-order valence-electron chi connectivity index (χ2n) is 4.11. The van der Waals surface area contributed by atoms with E-state index in [0.717, 1.165) is 23.1 Å². The Labute approximate surface area is 115 Å². The first kappa shape index (κ1) is 14.0. The van der Waals surface area contributed by atoms with E-state index in [2.05, 4.69) is 4.98 Å². The number of halogens is 2. The maximum absolute atomic E-state index is 13.1. The molecule has 2 aromatic rings. The summed E-state index contributed by atoms with van der Waals surface area (Å²) in [5.74, 6) is -1.69. The summed E-state index contributed by atoms with van der Waals surface area (Å²) in [5, 5.41) is 0. The van der Waals surface area contributed by atoms with Crippen LogP contribution in [0.3, 0.4) is 0 Å². The molecule has 0 aliphatic heterocycles. The Balaban J connectivity index is 2.12. The Morgan fingerprint density at radius 1 is 1.16 bits per heavy atom. The van der Waals surface area contributed by atoms with Crippen molar-refractivity contribution in [1.82, 2.24) is 4.98 Å². The molecule has 0 saturated heterocycles. The molecule has 1 aromatic carbocycles. The quantitative estimate of drug-likeness (QED) is 0.922. The van der Waals surface area contributed by atoms with Gasteiger partial charge >= 0.3 is 0 Å². The van der Waals surface area contributed by atoms with Crippen LogP contribution < -0.4 is 5.73 Å². The van der Waals surface area contributed by atoms with Crippen LogP contribution in [0.1, 0.15) is 25.1 Å². The van der Waals surface area contributed by atoms with E-state index in [1.807, 2.05) is 19.1 Å². The topological polar surface area (TPSA) is 38.9 Å². The van der Waals surface area contributed by atoms with E-state index in [0.29, 0.717) is 4.90 Å². The van der Waals surface area contributed by atoms with Crippen molar-refractivity contribution in [2.45, 2.75) is 29.2 Å². The van der Waals surface area contributed by atoms with Crippen LogP contribution >= 0.6 is 11.8 Å². The van der Waals surface area contributed by atoms with Crippen molar-refractivity contribution < 1.29 is 8.78 Å². The lowest BCUT2D eigenvalue weighted by Gasteiger charge is -2.08. The van der Waals surface area contributed by atoms with Gasteiger partial charge in [0.1, 0.15) is 0 Å². The van der Waals surface area contributed by atoms with E-state index in [4.69, 9.17) is 5.73 Å². The minimum atomic E-state index is -0.845. The molecule has 0 aliphatic carbocycles. The Morgan fingerprint density at radius 2 is 1.89 bits per heavy atom. The maximum atomic E-state index is 13.1. The summed E-state index contributed by atoms with van der Waals surface area (Å²) in [7, 11) is 0. The highest BCUT2D eigenvalue weighted by Crippen LogP contribution is 2.28. The minimum Gasteiger partial charge on any atom is -0.323 e. The molecule has 0 saturated carbocycles. The van der Waals surface area contributed by atoms with E-state index < -0.39 is 11.6 Å². The van der Waals surface area contributed by atoms with Gasteiger partial charge in [0.05, 0.1) is 5.69 Å². The van der Waals surface area contributed by atoms with Crippen LogP contribution in [-0.4, -0.2) is 4.98 Å². The lowest BCUT2D eigenvalue weighted by atomic mass is 10.1. The molecular weight excluding hydrogens is 266 g/mol. The van der Waals surface area contributed by atoms with Gasteiger partial charge in [-0.25, -0.2) is 8.78 Å². The van der Waals surface area contributed by atoms with Crippen LogP contribution in [0.25, 0.3) is 0 Å². The number of pyridine rings is 1. The summed E-state index contributed by atoms with van der Waals surface area (Å²) >= 11 is 1.33. The zero-order valence-electron chi connectivity index (χ0n) is 10.4. The first-order valence-corrected chi connectivity index (χ1v) is 6.76. The number of aromatic nitrogens is 1. The predicted molar refractivity (Wildman–Crippen MR) is 71.9 cm³/mol. The van der Waals surface area contributed by atoms with Crippen molar-refractivity contribution in [2.24, 2.45) is 5.73 Å². The van der Waals surface area contributed by atoms with Crippen LogP contribution in [-0.2, 0) is 0 Å². The van der Waals surface area contributed by atoms with Gasteiger partial charge in [0, 0.05) is 22.0 Å². The van der Waals surface area contributed by atoms with Gasteiger partial charge in [-0.15, -0.1) is 0 Å². The zero-order chi connectivity index (χ0) is 13.8. The fourth-order valence-corrected chi connectivity index (χ4v) is 2.37. The molecule has 2 rings (SSSR count). The predicted octanol–water partition coefficient (Wildman–Crippen LogP) is 3.92. The van der Waals surface area contributed by atoms with Crippen LogP contribution in [0.15, 0.2) is 46.3 Å². The molecule has 1 unspecified atom stereocenters. The van der Waals surface area contributed by atoms with Gasteiger partial charge in [-0.3, -0.25) is 4.98 Å². The van der Waals surface area contributed by atoms with Crippen LogP contribution in [0.2, 0.25) is 0 Å². The summed E-state index contributed by atoms with van der Waals surface area (Å²) in [5.41, 5.74) is 6.70. The van der Waals surface area contributed by atoms with Gasteiger partial charge in [0.15, 0.2) is 11.6 Å². The van der Waals surface area contributed by atoms with Crippen LogP contribution in [0.5, 0.6) is 0 Å². The fraction of sp³-hybridized carbons (Fsp3) is 0.214. The molecule has 1 atom stereocenters. The monoisotopic (exact) mass is 280 g/mol. The summed E-state index contributed by atoms with van der Waals surface area (Å²) in [4.78, 5) is 5.76. The van der Waals surface area contributed by atoms with E-state index in [1.165, 1.54) is 23.9 Å². The van der Waals surface area contributed by atoms with E-state index >= 15 is 0 Å². The molecule has 0 spiro atoms. The van der Waals surface area contributed by atoms with Gasteiger partial charge in [0.2, 0.25) is 0 Å². The van der Waals surface area contributed by atoms with Crippen LogP contribution in [0.4, 0.5) is 8.78 Å². The minimum absolute atomic E-state index is 0.0673. The third kappa shape index (κ3) is 3.52. The number of hydrogen-bond acceptors (Lipinski definition) is 3. The average molecular weight is 280 g/mol. The second kappa shape index (κ2) is 6.12. The molecule has 0 aliphatic rings. The third-order valence-corrected chi connectivity index (χ3v) is 3.67. The van der Waals surface area contributed by atoms with Gasteiger partial charge in [-0.05, 0) is 36.8 Å². The highest BCUT2D eigenvalue weighted by atomic mass is 32.2. The molecule has 0 radical (unpaired) electrons. The second-order valence-corrected chi connectivity index (χ2v) is 5.26. The first-order valence-electron chi connectivity index (χ1n) is 5.94. The van der Waals surface area contributed by atoms with Crippen molar-refractivity contribution in [1.29, 1.82) is 0 Å². The standard InChI is InChI=1S/C14H14F2N2S/c1-2-13(17)14-6-4-10(8-18-14)19-9-3-5-11(15)12(16)7-9/h3-8,13H,2,17H2,1H3. The molecule has 100 valence electrons. The molecule has 1 aromatic heterocycles. The lowest BCUT2D eigenvalue weighted by Crippen LogP contribution is -2.10. The molecule has 19 heavy (non-hydrogen) atoms. The molecule has 2 N–H and O–H groups in total. The van der Waals surface area contributed by atoms with Crippen molar-refractivity contribution >= 4 is 11.8 Å². The molecular formula is C14H14F2N2S. The number of benzene rings is 1. The SMILES string of the molecule is CCC(N)c1ccc(Sc2ccc(F)c(F)c2)cn1.